The maximum absolute atomic E-state index is 11.9. The molecule has 0 aliphatic carbocycles. The number of nitrogens with zero attached hydrogens (tertiary/aromatic N) is 2. The van der Waals surface area contributed by atoms with Gasteiger partial charge >= 0.3 is 6.03 Å². The maximum Gasteiger partial charge on any atom is 0.321 e. The summed E-state index contributed by atoms with van der Waals surface area (Å²) in [7, 11) is 0. The van der Waals surface area contributed by atoms with Gasteiger partial charge in [0.05, 0.1) is 0 Å². The predicted octanol–water partition coefficient (Wildman–Crippen LogP) is 2.24. The van der Waals surface area contributed by atoms with Crippen molar-refractivity contribution in [1.82, 2.24) is 9.80 Å². The molecule has 1 aromatic carbocycles. The fourth-order valence-corrected chi connectivity index (χ4v) is 2.32. The third kappa shape index (κ3) is 2.82. The van der Waals surface area contributed by atoms with E-state index in [2.05, 4.69) is 24.1 Å². The van der Waals surface area contributed by atoms with Crippen LogP contribution in [0.1, 0.15) is 13.8 Å². The lowest BCUT2D eigenvalue weighted by Crippen LogP contribution is -2.61. The van der Waals surface area contributed by atoms with Gasteiger partial charge in [-0.2, -0.15) is 0 Å². The van der Waals surface area contributed by atoms with E-state index in [1.807, 2.05) is 35.2 Å². The second-order valence-corrected chi connectivity index (χ2v) is 4.58. The van der Waals surface area contributed by atoms with Crippen molar-refractivity contribution in [3.8, 4) is 0 Å². The van der Waals surface area contributed by atoms with E-state index in [1.165, 1.54) is 0 Å². The summed E-state index contributed by atoms with van der Waals surface area (Å²) in [5.74, 6) is 0. The van der Waals surface area contributed by atoms with Crippen LogP contribution in [0.2, 0.25) is 0 Å². The van der Waals surface area contributed by atoms with Gasteiger partial charge in [-0.25, -0.2) is 4.79 Å². The number of rotatable bonds is 4. The topological polar surface area (TPSA) is 35.6 Å². The molecule has 0 radical (unpaired) electrons. The van der Waals surface area contributed by atoms with Crippen LogP contribution in [0.4, 0.5) is 10.5 Å². The van der Waals surface area contributed by atoms with Crippen molar-refractivity contribution in [2.45, 2.75) is 19.9 Å². The zero-order chi connectivity index (χ0) is 13.0. The van der Waals surface area contributed by atoms with E-state index in [1.54, 1.807) is 0 Å². The van der Waals surface area contributed by atoms with Crippen molar-refractivity contribution in [3.05, 3.63) is 30.3 Å². The first-order valence-corrected chi connectivity index (χ1v) is 6.59. The highest BCUT2D eigenvalue weighted by Gasteiger charge is 2.33. The lowest BCUT2D eigenvalue weighted by molar-refractivity contribution is 0.0685. The molecule has 1 heterocycles. The quantitative estimate of drug-likeness (QED) is 0.885. The van der Waals surface area contributed by atoms with Crippen LogP contribution in [-0.4, -0.2) is 48.1 Å². The van der Waals surface area contributed by atoms with Crippen LogP contribution < -0.4 is 5.32 Å². The van der Waals surface area contributed by atoms with Crippen LogP contribution in [-0.2, 0) is 0 Å². The van der Waals surface area contributed by atoms with Crippen molar-refractivity contribution in [2.75, 3.05) is 31.5 Å². The van der Waals surface area contributed by atoms with Crippen LogP contribution >= 0.6 is 0 Å². The average molecular weight is 247 g/mol. The Labute approximate surface area is 109 Å². The molecule has 1 N–H and O–H groups in total. The van der Waals surface area contributed by atoms with Gasteiger partial charge in [0.15, 0.2) is 0 Å². The predicted molar refractivity (Wildman–Crippen MR) is 73.7 cm³/mol. The number of carbonyl (C=O) groups excluding carboxylic acids is 1. The lowest BCUT2D eigenvalue weighted by Gasteiger charge is -2.44. The summed E-state index contributed by atoms with van der Waals surface area (Å²) in [5.41, 5.74) is 0.855. The van der Waals surface area contributed by atoms with E-state index in [4.69, 9.17) is 0 Å². The Balaban J connectivity index is 1.80. The third-order valence-corrected chi connectivity index (χ3v) is 3.50. The molecular weight excluding hydrogens is 226 g/mol. The Morgan fingerprint density at radius 3 is 2.44 bits per heavy atom. The number of likely N-dealkylation sites (tertiary alicyclic amines) is 1. The summed E-state index contributed by atoms with van der Waals surface area (Å²) in [5, 5.41) is 2.91. The summed E-state index contributed by atoms with van der Waals surface area (Å²) in [4.78, 5) is 16.2. The van der Waals surface area contributed by atoms with Gasteiger partial charge in [-0.15, -0.1) is 0 Å². The molecule has 4 nitrogen and oxygen atoms in total. The summed E-state index contributed by atoms with van der Waals surface area (Å²) >= 11 is 0. The van der Waals surface area contributed by atoms with Gasteiger partial charge in [-0.05, 0) is 25.2 Å². The van der Waals surface area contributed by atoms with Gasteiger partial charge in [0.2, 0.25) is 0 Å². The Morgan fingerprint density at radius 2 is 1.89 bits per heavy atom. The van der Waals surface area contributed by atoms with E-state index in [0.29, 0.717) is 6.04 Å². The number of carbonyl (C=O) groups is 1. The van der Waals surface area contributed by atoms with Gasteiger partial charge in [0.25, 0.3) is 0 Å². The van der Waals surface area contributed by atoms with Crippen molar-refractivity contribution in [1.29, 1.82) is 0 Å². The summed E-state index contributed by atoms with van der Waals surface area (Å²) < 4.78 is 0. The Kier molecular flexibility index (Phi) is 4.20. The molecule has 0 spiro atoms. The van der Waals surface area contributed by atoms with Crippen molar-refractivity contribution < 1.29 is 4.79 Å². The van der Waals surface area contributed by atoms with Gasteiger partial charge in [0, 0.05) is 24.8 Å². The number of nitrogens with one attached hydrogen (secondary N) is 1. The number of benzene rings is 1. The lowest BCUT2D eigenvalue weighted by atomic mass is 10.1. The van der Waals surface area contributed by atoms with Crippen LogP contribution in [0.25, 0.3) is 0 Å². The minimum atomic E-state index is 0.00426. The minimum Gasteiger partial charge on any atom is -0.321 e. The molecule has 0 unspecified atom stereocenters. The number of urea groups is 1. The fourth-order valence-electron chi connectivity index (χ4n) is 2.32. The van der Waals surface area contributed by atoms with Crippen molar-refractivity contribution in [2.24, 2.45) is 0 Å². The van der Waals surface area contributed by atoms with Gasteiger partial charge in [-0.1, -0.05) is 32.0 Å². The minimum absolute atomic E-state index is 0.00426. The highest BCUT2D eigenvalue weighted by Crippen LogP contribution is 2.16. The normalized spacial score (nSPS) is 15.6. The van der Waals surface area contributed by atoms with Gasteiger partial charge < -0.3 is 10.2 Å². The van der Waals surface area contributed by atoms with E-state index < -0.39 is 0 Å². The molecule has 1 fully saturated rings. The highest BCUT2D eigenvalue weighted by molar-refractivity contribution is 5.89. The maximum atomic E-state index is 11.9. The van der Waals surface area contributed by atoms with Crippen molar-refractivity contribution >= 4 is 11.7 Å². The number of hydrogen-bond donors (Lipinski definition) is 1. The number of likely N-dealkylation sites (N-methyl/N-ethyl adjacent to an activating group) is 1. The van der Waals surface area contributed by atoms with Crippen LogP contribution in [0.3, 0.4) is 0 Å². The molecule has 2 amide bonds. The zero-order valence-electron chi connectivity index (χ0n) is 11.1. The summed E-state index contributed by atoms with van der Waals surface area (Å²) in [6.07, 6.45) is 0. The second kappa shape index (κ2) is 5.87. The van der Waals surface area contributed by atoms with Gasteiger partial charge in [0.1, 0.15) is 0 Å². The van der Waals surface area contributed by atoms with Crippen LogP contribution in [0, 0.1) is 0 Å². The highest BCUT2D eigenvalue weighted by atomic mass is 16.2. The molecule has 0 aromatic heterocycles. The monoisotopic (exact) mass is 247 g/mol. The second-order valence-electron chi connectivity index (χ2n) is 4.58. The summed E-state index contributed by atoms with van der Waals surface area (Å²) in [6, 6.07) is 10.1. The largest absolute Gasteiger partial charge is 0.321 e. The molecule has 0 bridgehead atoms. The van der Waals surface area contributed by atoms with E-state index in [9.17, 15) is 4.79 Å². The zero-order valence-corrected chi connectivity index (χ0v) is 11.1. The molecular formula is C14H21N3O. The number of anilines is 1. The first-order chi connectivity index (χ1) is 8.74. The molecule has 4 heteroatoms. The smallest absolute Gasteiger partial charge is 0.321 e. The first kappa shape index (κ1) is 12.9. The Bertz CT molecular complexity index is 383. The SMILES string of the molecule is CCN(CC)C1CN(C(=O)Nc2ccccc2)C1. The molecule has 2 rings (SSSR count). The van der Waals surface area contributed by atoms with Gasteiger partial charge in [-0.3, -0.25) is 4.90 Å². The molecule has 1 aliphatic heterocycles. The molecule has 1 saturated heterocycles. The van der Waals surface area contributed by atoms with Crippen molar-refractivity contribution in [3.63, 3.8) is 0 Å². The Hall–Kier alpha value is -1.55. The van der Waals surface area contributed by atoms with Crippen LogP contribution in [0.15, 0.2) is 30.3 Å². The van der Waals surface area contributed by atoms with E-state index in [-0.39, 0.29) is 6.03 Å². The third-order valence-electron chi connectivity index (χ3n) is 3.50. The van der Waals surface area contributed by atoms with E-state index >= 15 is 0 Å². The summed E-state index contributed by atoms with van der Waals surface area (Å²) in [6.45, 7) is 8.09. The molecule has 0 saturated carbocycles. The molecule has 1 aromatic rings. The number of amides is 2. The number of hydrogen-bond acceptors (Lipinski definition) is 2. The molecule has 0 atom stereocenters. The van der Waals surface area contributed by atoms with E-state index in [0.717, 1.165) is 31.9 Å². The number of para-hydroxylation sites is 1. The molecule has 98 valence electrons. The molecule has 18 heavy (non-hydrogen) atoms. The van der Waals surface area contributed by atoms with Crippen LogP contribution in [0.5, 0.6) is 0 Å². The average Bonchev–Trinajstić information content (AvgIpc) is 2.34. The molecule has 1 aliphatic rings. The standard InChI is InChI=1S/C14H21N3O/c1-3-16(4-2)13-10-17(11-13)14(18)15-12-8-6-5-7-9-12/h5-9,13H,3-4,10-11H2,1-2H3,(H,15,18). The Morgan fingerprint density at radius 1 is 1.28 bits per heavy atom. The first-order valence-electron chi connectivity index (χ1n) is 6.59. The fraction of sp³-hybridized carbons (Fsp3) is 0.500.